The van der Waals surface area contributed by atoms with Gasteiger partial charge in [-0.15, -0.1) is 0 Å². The van der Waals surface area contributed by atoms with E-state index in [-0.39, 0.29) is 0 Å². The largest absolute Gasteiger partial charge is 0.388 e. The van der Waals surface area contributed by atoms with Crippen molar-refractivity contribution in [2.45, 2.75) is 31.3 Å². The molecule has 17 heavy (non-hydrogen) atoms. The number of hydrogen-bond donors (Lipinski definition) is 2. The van der Waals surface area contributed by atoms with Crippen LogP contribution in [0.1, 0.15) is 19.3 Å². The number of rotatable bonds is 0. The van der Waals surface area contributed by atoms with E-state index in [4.69, 9.17) is 0 Å². The third-order valence-electron chi connectivity index (χ3n) is 4.44. The molecule has 2 heterocycles. The van der Waals surface area contributed by atoms with Crippen LogP contribution in [0.4, 0.5) is 0 Å². The van der Waals surface area contributed by atoms with E-state index in [0.717, 1.165) is 12.5 Å². The van der Waals surface area contributed by atoms with Gasteiger partial charge in [-0.3, -0.25) is 5.32 Å². The van der Waals surface area contributed by atoms with Crippen LogP contribution in [0.2, 0.25) is 0 Å². The molecular weight excluding hydrogens is 208 g/mol. The second kappa shape index (κ2) is 3.61. The van der Waals surface area contributed by atoms with Crippen LogP contribution in [0.3, 0.4) is 0 Å². The van der Waals surface area contributed by atoms with Gasteiger partial charge < -0.3 is 5.32 Å². The standard InChI is InChI=1S/C15H18N2/c1-2-6-13-11(5-1)12-9-14-10(4-3-7-16-14)8-15(12)17-13/h1-2,5-6,9-10,13,15-17H,3-4,7-8H2. The molecule has 1 saturated heterocycles. The smallest absolute Gasteiger partial charge is 0.0517 e. The number of fused-ring (bicyclic) bond motifs is 3. The normalized spacial score (nSPS) is 38.1. The molecule has 0 amide bonds. The van der Waals surface area contributed by atoms with E-state index in [1.807, 2.05) is 0 Å². The van der Waals surface area contributed by atoms with Gasteiger partial charge in [-0.1, -0.05) is 24.3 Å². The molecule has 0 radical (unpaired) electrons. The van der Waals surface area contributed by atoms with Crippen LogP contribution >= 0.6 is 0 Å². The zero-order chi connectivity index (χ0) is 11.2. The van der Waals surface area contributed by atoms with Crippen molar-refractivity contribution in [1.29, 1.82) is 0 Å². The molecule has 0 bridgehead atoms. The molecule has 0 saturated carbocycles. The topological polar surface area (TPSA) is 24.1 Å². The Labute approximate surface area is 102 Å². The predicted molar refractivity (Wildman–Crippen MR) is 69.4 cm³/mol. The van der Waals surface area contributed by atoms with Crippen molar-refractivity contribution >= 4 is 0 Å². The number of piperidine rings is 1. The lowest BCUT2D eigenvalue weighted by atomic mass is 9.81. The van der Waals surface area contributed by atoms with E-state index in [9.17, 15) is 0 Å². The van der Waals surface area contributed by atoms with Crippen molar-refractivity contribution in [1.82, 2.24) is 10.6 Å². The summed E-state index contributed by atoms with van der Waals surface area (Å²) in [5.41, 5.74) is 4.49. The second-order valence-corrected chi connectivity index (χ2v) is 5.45. The summed E-state index contributed by atoms with van der Waals surface area (Å²) in [5.74, 6) is 0.763. The van der Waals surface area contributed by atoms with Gasteiger partial charge in [0.1, 0.15) is 0 Å². The van der Waals surface area contributed by atoms with Crippen molar-refractivity contribution in [2.24, 2.45) is 5.92 Å². The minimum atomic E-state index is 0.456. The van der Waals surface area contributed by atoms with E-state index >= 15 is 0 Å². The van der Waals surface area contributed by atoms with Crippen LogP contribution in [0.15, 0.2) is 47.2 Å². The molecule has 1 fully saturated rings. The molecule has 3 unspecified atom stereocenters. The maximum absolute atomic E-state index is 3.74. The third-order valence-corrected chi connectivity index (χ3v) is 4.44. The molecule has 2 nitrogen and oxygen atoms in total. The quantitative estimate of drug-likeness (QED) is 0.660. The van der Waals surface area contributed by atoms with Crippen LogP contribution in [0, 0.1) is 5.92 Å². The van der Waals surface area contributed by atoms with Crippen LogP contribution in [0.5, 0.6) is 0 Å². The molecule has 2 aliphatic carbocycles. The van der Waals surface area contributed by atoms with Gasteiger partial charge in [0.05, 0.1) is 6.04 Å². The molecule has 0 aromatic rings. The highest BCUT2D eigenvalue weighted by Gasteiger charge is 2.36. The highest BCUT2D eigenvalue weighted by atomic mass is 15.0. The van der Waals surface area contributed by atoms with Crippen LogP contribution < -0.4 is 10.6 Å². The van der Waals surface area contributed by atoms with Gasteiger partial charge in [0.2, 0.25) is 0 Å². The first-order chi connectivity index (χ1) is 8.42. The van der Waals surface area contributed by atoms with Crippen molar-refractivity contribution < 1.29 is 0 Å². The van der Waals surface area contributed by atoms with E-state index in [0.29, 0.717) is 12.1 Å². The van der Waals surface area contributed by atoms with E-state index < -0.39 is 0 Å². The maximum Gasteiger partial charge on any atom is 0.0517 e. The lowest BCUT2D eigenvalue weighted by molar-refractivity contribution is 0.372. The SMILES string of the molecule is C1=CC2=C3C=C4NCCCC4CC3NC2C=C1. The zero-order valence-corrected chi connectivity index (χ0v) is 9.95. The molecule has 2 aliphatic heterocycles. The Kier molecular flexibility index (Phi) is 2.06. The fourth-order valence-electron chi connectivity index (χ4n) is 3.60. The Bertz CT molecular complexity index is 467. The van der Waals surface area contributed by atoms with Crippen LogP contribution in [-0.4, -0.2) is 18.6 Å². The number of hydrogen-bond acceptors (Lipinski definition) is 2. The lowest BCUT2D eigenvalue weighted by Crippen LogP contribution is -2.39. The molecular formula is C15H18N2. The highest BCUT2D eigenvalue weighted by Crippen LogP contribution is 2.38. The molecule has 3 atom stereocenters. The Morgan fingerprint density at radius 2 is 2.18 bits per heavy atom. The predicted octanol–water partition coefficient (Wildman–Crippen LogP) is 2.04. The van der Waals surface area contributed by atoms with Gasteiger partial charge in [0, 0.05) is 24.2 Å². The summed E-state index contributed by atoms with van der Waals surface area (Å²) in [4.78, 5) is 0. The number of nitrogens with one attached hydrogen (secondary N) is 2. The van der Waals surface area contributed by atoms with Gasteiger partial charge in [0.25, 0.3) is 0 Å². The molecule has 4 aliphatic rings. The van der Waals surface area contributed by atoms with Crippen molar-refractivity contribution in [2.75, 3.05) is 6.54 Å². The number of allylic oxidation sites excluding steroid dienone is 3. The Morgan fingerprint density at radius 1 is 1.18 bits per heavy atom. The summed E-state index contributed by atoms with van der Waals surface area (Å²) in [6.45, 7) is 1.15. The summed E-state index contributed by atoms with van der Waals surface area (Å²) in [5, 5.41) is 7.33. The minimum absolute atomic E-state index is 0.456. The lowest BCUT2D eigenvalue weighted by Gasteiger charge is -2.34. The van der Waals surface area contributed by atoms with E-state index in [2.05, 4.69) is 41.0 Å². The average Bonchev–Trinajstić information content (AvgIpc) is 2.73. The van der Waals surface area contributed by atoms with Crippen molar-refractivity contribution in [3.05, 3.63) is 47.2 Å². The van der Waals surface area contributed by atoms with Gasteiger partial charge in [-0.25, -0.2) is 0 Å². The molecule has 2 heteroatoms. The van der Waals surface area contributed by atoms with Gasteiger partial charge >= 0.3 is 0 Å². The Hall–Kier alpha value is -1.28. The summed E-state index contributed by atoms with van der Waals surface area (Å²) in [7, 11) is 0. The summed E-state index contributed by atoms with van der Waals surface area (Å²) >= 11 is 0. The average molecular weight is 226 g/mol. The second-order valence-electron chi connectivity index (χ2n) is 5.45. The Balaban J connectivity index is 1.76. The highest BCUT2D eigenvalue weighted by molar-refractivity contribution is 5.52. The molecule has 0 spiro atoms. The van der Waals surface area contributed by atoms with Crippen molar-refractivity contribution in [3.63, 3.8) is 0 Å². The van der Waals surface area contributed by atoms with Crippen LogP contribution in [0.25, 0.3) is 0 Å². The molecule has 4 rings (SSSR count). The van der Waals surface area contributed by atoms with E-state index in [1.54, 1.807) is 0 Å². The first-order valence-electron chi connectivity index (χ1n) is 6.72. The van der Waals surface area contributed by atoms with Gasteiger partial charge in [0.15, 0.2) is 0 Å². The maximum atomic E-state index is 3.74. The fraction of sp³-hybridized carbons (Fsp3) is 0.467. The van der Waals surface area contributed by atoms with E-state index in [1.165, 1.54) is 36.1 Å². The van der Waals surface area contributed by atoms with Crippen LogP contribution in [-0.2, 0) is 0 Å². The molecule has 88 valence electrons. The molecule has 0 aromatic heterocycles. The zero-order valence-electron chi connectivity index (χ0n) is 9.95. The fourth-order valence-corrected chi connectivity index (χ4v) is 3.60. The summed E-state index contributed by atoms with van der Waals surface area (Å²) in [6, 6.07) is 1.04. The molecule has 0 aromatic carbocycles. The van der Waals surface area contributed by atoms with Gasteiger partial charge in [-0.2, -0.15) is 0 Å². The summed E-state index contributed by atoms with van der Waals surface area (Å²) < 4.78 is 0. The monoisotopic (exact) mass is 226 g/mol. The molecule has 2 N–H and O–H groups in total. The first kappa shape index (κ1) is 9.72. The van der Waals surface area contributed by atoms with Gasteiger partial charge in [-0.05, 0) is 36.5 Å². The van der Waals surface area contributed by atoms with Crippen molar-refractivity contribution in [3.8, 4) is 0 Å². The first-order valence-corrected chi connectivity index (χ1v) is 6.72. The third kappa shape index (κ3) is 1.44. The summed E-state index contributed by atoms with van der Waals surface area (Å²) in [6.07, 6.45) is 15.2. The minimum Gasteiger partial charge on any atom is -0.388 e. The Morgan fingerprint density at radius 3 is 3.18 bits per heavy atom.